The molecular formula is C30H37F3N2O5. The summed E-state index contributed by atoms with van der Waals surface area (Å²) in [7, 11) is 0. The van der Waals surface area contributed by atoms with E-state index in [9.17, 15) is 18.0 Å². The predicted molar refractivity (Wildman–Crippen MR) is 142 cm³/mol. The van der Waals surface area contributed by atoms with Crippen LogP contribution in [0.1, 0.15) is 62.1 Å². The van der Waals surface area contributed by atoms with Crippen molar-refractivity contribution < 1.29 is 36.9 Å². The topological polar surface area (TPSA) is 69.3 Å². The number of carbonyl (C=O) groups is 1. The maximum atomic E-state index is 12.9. The van der Waals surface area contributed by atoms with Gasteiger partial charge in [0, 0.05) is 18.2 Å². The average Bonchev–Trinajstić information content (AvgIpc) is 3.67. The molecule has 10 heteroatoms. The van der Waals surface area contributed by atoms with Gasteiger partial charge < -0.3 is 24.3 Å². The van der Waals surface area contributed by atoms with Crippen molar-refractivity contribution in [3.05, 3.63) is 59.7 Å². The summed E-state index contributed by atoms with van der Waals surface area (Å²) in [5, 5.41) is 3.66. The smallest absolute Gasteiger partial charge is 0.493 e. The molecule has 3 aliphatic rings. The molecule has 2 saturated heterocycles. The zero-order valence-corrected chi connectivity index (χ0v) is 22.5. The maximum Gasteiger partial charge on any atom is 0.573 e. The summed E-state index contributed by atoms with van der Waals surface area (Å²) in [4.78, 5) is 13.7. The van der Waals surface area contributed by atoms with Crippen LogP contribution < -0.4 is 14.8 Å². The molecule has 0 aromatic heterocycles. The summed E-state index contributed by atoms with van der Waals surface area (Å²) in [6.07, 6.45) is 1.35. The van der Waals surface area contributed by atoms with E-state index in [0.717, 1.165) is 58.0 Å². The molecule has 2 aliphatic heterocycles. The molecule has 2 aromatic carbocycles. The Kier molecular flexibility index (Phi) is 9.36. The molecule has 218 valence electrons. The van der Waals surface area contributed by atoms with E-state index in [4.69, 9.17) is 14.2 Å². The maximum absolute atomic E-state index is 12.9. The molecule has 0 radical (unpaired) electrons. The van der Waals surface area contributed by atoms with Crippen molar-refractivity contribution in [3.63, 3.8) is 0 Å². The Labute approximate surface area is 232 Å². The van der Waals surface area contributed by atoms with E-state index in [-0.39, 0.29) is 23.9 Å². The fraction of sp³-hybridized carbons (Fsp3) is 0.567. The van der Waals surface area contributed by atoms with Crippen LogP contribution in [-0.2, 0) is 16.0 Å². The number of alkyl halides is 3. The summed E-state index contributed by atoms with van der Waals surface area (Å²) < 4.78 is 59.0. The number of unbranched alkanes of at least 4 members (excludes halogenated alkanes) is 1. The van der Waals surface area contributed by atoms with E-state index >= 15 is 0 Å². The van der Waals surface area contributed by atoms with Gasteiger partial charge in [-0.15, -0.1) is 13.2 Å². The van der Waals surface area contributed by atoms with Crippen LogP contribution in [0.15, 0.2) is 48.5 Å². The third-order valence-corrected chi connectivity index (χ3v) is 7.74. The lowest BCUT2D eigenvalue weighted by atomic mass is 9.89. The molecule has 2 heterocycles. The fourth-order valence-corrected chi connectivity index (χ4v) is 5.58. The van der Waals surface area contributed by atoms with Crippen LogP contribution in [0.3, 0.4) is 0 Å². The summed E-state index contributed by atoms with van der Waals surface area (Å²) in [5.41, 5.74) is 1.86. The number of cyclic esters (lactones) is 2. The van der Waals surface area contributed by atoms with Gasteiger partial charge >= 0.3 is 12.5 Å². The van der Waals surface area contributed by atoms with E-state index in [2.05, 4.69) is 27.1 Å². The SMILES string of the molecule is O=C1OCC(CCCCN2CCCC(NCc3cc(OC(F)(F)F)ccc3OCC3CC3)C2c2ccccc2)O1. The number of hydrogen-bond donors (Lipinski definition) is 1. The first-order valence-corrected chi connectivity index (χ1v) is 14.2. The minimum atomic E-state index is -4.75. The van der Waals surface area contributed by atoms with Gasteiger partial charge in [0.1, 0.15) is 24.2 Å². The van der Waals surface area contributed by atoms with Crippen molar-refractivity contribution in [2.75, 3.05) is 26.3 Å². The van der Waals surface area contributed by atoms with E-state index in [1.54, 1.807) is 6.07 Å². The molecule has 0 amide bonds. The zero-order valence-electron chi connectivity index (χ0n) is 22.5. The highest BCUT2D eigenvalue weighted by molar-refractivity contribution is 5.61. The van der Waals surface area contributed by atoms with Gasteiger partial charge in [0.25, 0.3) is 0 Å². The first-order chi connectivity index (χ1) is 19.3. The number of carbonyl (C=O) groups excluding carboxylic acids is 1. The lowest BCUT2D eigenvalue weighted by molar-refractivity contribution is -0.274. The van der Waals surface area contributed by atoms with Crippen LogP contribution in [0, 0.1) is 5.92 Å². The summed E-state index contributed by atoms with van der Waals surface area (Å²) >= 11 is 0. The van der Waals surface area contributed by atoms with Crippen LogP contribution in [0.5, 0.6) is 11.5 Å². The Balaban J connectivity index is 1.26. The molecule has 3 fully saturated rings. The van der Waals surface area contributed by atoms with Gasteiger partial charge in [-0.2, -0.15) is 0 Å². The fourth-order valence-electron chi connectivity index (χ4n) is 5.58. The highest BCUT2D eigenvalue weighted by Crippen LogP contribution is 2.35. The van der Waals surface area contributed by atoms with Crippen molar-refractivity contribution in [1.82, 2.24) is 10.2 Å². The molecule has 7 nitrogen and oxygen atoms in total. The number of nitrogens with one attached hydrogen (secondary N) is 1. The Morgan fingerprint density at radius 2 is 1.88 bits per heavy atom. The number of halogens is 3. The number of piperidine rings is 1. The molecule has 1 aliphatic carbocycles. The highest BCUT2D eigenvalue weighted by Gasteiger charge is 2.34. The van der Waals surface area contributed by atoms with Gasteiger partial charge in [-0.3, -0.25) is 4.90 Å². The molecule has 3 unspecified atom stereocenters. The van der Waals surface area contributed by atoms with Gasteiger partial charge in [-0.25, -0.2) is 4.79 Å². The van der Waals surface area contributed by atoms with Crippen molar-refractivity contribution in [3.8, 4) is 11.5 Å². The Morgan fingerprint density at radius 1 is 1.05 bits per heavy atom. The quantitative estimate of drug-likeness (QED) is 0.225. The van der Waals surface area contributed by atoms with Crippen LogP contribution in [0.25, 0.3) is 0 Å². The highest BCUT2D eigenvalue weighted by atomic mass is 19.4. The molecule has 0 bridgehead atoms. The summed E-state index contributed by atoms with van der Waals surface area (Å²) in [6.45, 7) is 3.11. The van der Waals surface area contributed by atoms with Gasteiger partial charge in [0.05, 0.1) is 12.6 Å². The van der Waals surface area contributed by atoms with E-state index in [1.807, 2.05) is 18.2 Å². The monoisotopic (exact) mass is 562 g/mol. The first-order valence-electron chi connectivity index (χ1n) is 14.2. The largest absolute Gasteiger partial charge is 0.573 e. The summed E-state index contributed by atoms with van der Waals surface area (Å²) in [5.74, 6) is 0.871. The van der Waals surface area contributed by atoms with Gasteiger partial charge in [-0.05, 0) is 87.7 Å². The number of likely N-dealkylation sites (tertiary alicyclic amines) is 1. The first kappa shape index (κ1) is 28.5. The second-order valence-electron chi connectivity index (χ2n) is 10.9. The minimum absolute atomic E-state index is 0.101. The standard InChI is InChI=1S/C30H37F3N2O5/c31-30(32,33)40-24-13-14-27(37-19-21-11-12-21)23(17-24)18-34-26-10-6-16-35(28(26)22-7-2-1-3-8-22)15-5-4-9-25-20-38-29(36)39-25/h1-3,7-8,13-14,17,21,25-26,28,34H,4-6,9-12,15-16,18-20H2. The van der Waals surface area contributed by atoms with E-state index in [1.165, 1.54) is 17.7 Å². The van der Waals surface area contributed by atoms with Crippen molar-refractivity contribution in [2.45, 2.75) is 76.0 Å². The third-order valence-electron chi connectivity index (χ3n) is 7.74. The van der Waals surface area contributed by atoms with Gasteiger partial charge in [0.15, 0.2) is 0 Å². The number of benzene rings is 2. The van der Waals surface area contributed by atoms with Crippen molar-refractivity contribution in [1.29, 1.82) is 0 Å². The molecular weight excluding hydrogens is 525 g/mol. The normalized spacial score (nSPS) is 23.5. The second kappa shape index (κ2) is 13.1. The molecule has 40 heavy (non-hydrogen) atoms. The number of rotatable bonds is 13. The van der Waals surface area contributed by atoms with Crippen molar-refractivity contribution in [2.24, 2.45) is 5.92 Å². The third kappa shape index (κ3) is 8.27. The number of ether oxygens (including phenoxy) is 4. The lowest BCUT2D eigenvalue weighted by Gasteiger charge is -2.42. The minimum Gasteiger partial charge on any atom is -0.493 e. The molecule has 0 spiro atoms. The zero-order chi connectivity index (χ0) is 28.0. The number of nitrogens with zero attached hydrogens (tertiary/aromatic N) is 1. The number of hydrogen-bond acceptors (Lipinski definition) is 7. The van der Waals surface area contributed by atoms with Crippen LogP contribution >= 0.6 is 0 Å². The molecule has 2 aromatic rings. The van der Waals surface area contributed by atoms with E-state index in [0.29, 0.717) is 37.0 Å². The molecule has 1 N–H and O–H groups in total. The lowest BCUT2D eigenvalue weighted by Crippen LogP contribution is -2.48. The van der Waals surface area contributed by atoms with Crippen LogP contribution in [-0.4, -0.2) is 55.9 Å². The van der Waals surface area contributed by atoms with Gasteiger partial charge in [0.2, 0.25) is 0 Å². The van der Waals surface area contributed by atoms with Gasteiger partial charge in [-0.1, -0.05) is 30.3 Å². The Bertz CT molecular complexity index is 1110. The van der Waals surface area contributed by atoms with Crippen LogP contribution in [0.4, 0.5) is 18.0 Å². The molecule has 3 atom stereocenters. The van der Waals surface area contributed by atoms with Crippen molar-refractivity contribution >= 4 is 6.16 Å². The summed E-state index contributed by atoms with van der Waals surface area (Å²) in [6, 6.07) is 14.9. The molecule has 5 rings (SSSR count). The Hall–Kier alpha value is -2.98. The average molecular weight is 563 g/mol. The second-order valence-corrected chi connectivity index (χ2v) is 10.9. The van der Waals surface area contributed by atoms with E-state index < -0.39 is 12.5 Å². The molecule has 1 saturated carbocycles. The Morgan fingerprint density at radius 3 is 2.60 bits per heavy atom. The predicted octanol–water partition coefficient (Wildman–Crippen LogP) is 6.38. The van der Waals surface area contributed by atoms with Crippen LogP contribution in [0.2, 0.25) is 0 Å².